The SMILES string of the molecule is CC(C)C(C)(CN)NC(=O)Cc1csc(N2CCCC2=O)n1.Cl.Cl. The average Bonchev–Trinajstić information content (AvgIpc) is 3.06. The van der Waals surface area contributed by atoms with Gasteiger partial charge < -0.3 is 11.1 Å². The van der Waals surface area contributed by atoms with Crippen molar-refractivity contribution in [3.8, 4) is 0 Å². The third-order valence-corrected chi connectivity index (χ3v) is 5.22. The van der Waals surface area contributed by atoms with E-state index >= 15 is 0 Å². The van der Waals surface area contributed by atoms with Crippen molar-refractivity contribution in [1.82, 2.24) is 10.3 Å². The van der Waals surface area contributed by atoms with Crippen LogP contribution in [0, 0.1) is 5.92 Å². The van der Waals surface area contributed by atoms with Gasteiger partial charge >= 0.3 is 0 Å². The molecule has 3 N–H and O–H groups in total. The maximum atomic E-state index is 12.2. The minimum Gasteiger partial charge on any atom is -0.349 e. The zero-order valence-corrected chi connectivity index (χ0v) is 16.7. The number of hydrogen-bond acceptors (Lipinski definition) is 5. The van der Waals surface area contributed by atoms with Crippen LogP contribution in [0.5, 0.6) is 0 Å². The molecule has 0 spiro atoms. The number of aromatic nitrogens is 1. The number of rotatable bonds is 6. The summed E-state index contributed by atoms with van der Waals surface area (Å²) in [6.45, 7) is 7.13. The Morgan fingerprint density at radius 3 is 2.67 bits per heavy atom. The van der Waals surface area contributed by atoms with Gasteiger partial charge in [0.25, 0.3) is 0 Å². The van der Waals surface area contributed by atoms with E-state index < -0.39 is 5.54 Å². The number of hydrogen-bond donors (Lipinski definition) is 2. The molecule has 2 amide bonds. The molecule has 24 heavy (non-hydrogen) atoms. The van der Waals surface area contributed by atoms with Gasteiger partial charge in [0, 0.05) is 24.9 Å². The van der Waals surface area contributed by atoms with Crippen LogP contribution in [0.3, 0.4) is 0 Å². The van der Waals surface area contributed by atoms with Gasteiger partial charge in [-0.1, -0.05) is 13.8 Å². The number of thiazole rings is 1. The van der Waals surface area contributed by atoms with Crippen LogP contribution in [0.15, 0.2) is 5.38 Å². The molecule has 2 heterocycles. The molecule has 1 aliphatic rings. The molecule has 1 fully saturated rings. The Hall–Kier alpha value is -0.890. The molecule has 1 saturated heterocycles. The van der Waals surface area contributed by atoms with Gasteiger partial charge in [-0.2, -0.15) is 0 Å². The van der Waals surface area contributed by atoms with Crippen molar-refractivity contribution in [2.24, 2.45) is 11.7 Å². The monoisotopic (exact) mass is 396 g/mol. The molecule has 9 heteroatoms. The normalized spacial score (nSPS) is 16.4. The first-order chi connectivity index (χ1) is 10.4. The van der Waals surface area contributed by atoms with E-state index in [1.165, 1.54) is 11.3 Å². The molecule has 1 atom stereocenters. The molecule has 2 rings (SSSR count). The number of nitrogens with one attached hydrogen (secondary N) is 1. The first-order valence-corrected chi connectivity index (χ1v) is 8.49. The highest BCUT2D eigenvalue weighted by molar-refractivity contribution is 7.14. The number of amides is 2. The molecule has 0 radical (unpaired) electrons. The molecule has 6 nitrogen and oxygen atoms in total. The second-order valence-electron chi connectivity index (χ2n) is 6.27. The van der Waals surface area contributed by atoms with E-state index in [1.807, 2.05) is 26.2 Å². The van der Waals surface area contributed by atoms with E-state index in [9.17, 15) is 9.59 Å². The number of nitrogens with zero attached hydrogens (tertiary/aromatic N) is 2. The summed E-state index contributed by atoms with van der Waals surface area (Å²) in [5.41, 5.74) is 6.06. The summed E-state index contributed by atoms with van der Waals surface area (Å²) in [4.78, 5) is 30.0. The van der Waals surface area contributed by atoms with E-state index in [2.05, 4.69) is 10.3 Å². The molecular weight excluding hydrogens is 371 g/mol. The van der Waals surface area contributed by atoms with E-state index in [0.29, 0.717) is 23.8 Å². The van der Waals surface area contributed by atoms with Gasteiger partial charge in [0.15, 0.2) is 5.13 Å². The summed E-state index contributed by atoms with van der Waals surface area (Å²) in [5.74, 6) is 0.266. The van der Waals surface area contributed by atoms with Crippen LogP contribution in [-0.2, 0) is 16.0 Å². The number of carbonyl (C=O) groups is 2. The smallest absolute Gasteiger partial charge is 0.228 e. The molecule has 138 valence electrons. The lowest BCUT2D eigenvalue weighted by molar-refractivity contribution is -0.122. The van der Waals surface area contributed by atoms with Gasteiger partial charge in [-0.25, -0.2) is 4.98 Å². The van der Waals surface area contributed by atoms with Crippen LogP contribution >= 0.6 is 36.2 Å². The predicted octanol–water partition coefficient (Wildman–Crippen LogP) is 2.15. The minimum absolute atomic E-state index is 0. The standard InChI is InChI=1S/C15H24N4O2S.2ClH/c1-10(2)15(3,9-16)18-12(20)7-11-8-22-14(17-11)19-6-4-5-13(19)21;;/h8,10H,4-7,9,16H2,1-3H3,(H,18,20);2*1H. The van der Waals surface area contributed by atoms with Gasteiger partial charge in [-0.3, -0.25) is 14.5 Å². The van der Waals surface area contributed by atoms with Crippen molar-refractivity contribution in [3.05, 3.63) is 11.1 Å². The average molecular weight is 397 g/mol. The maximum Gasteiger partial charge on any atom is 0.228 e. The van der Waals surface area contributed by atoms with Gasteiger partial charge in [0.05, 0.1) is 17.7 Å². The largest absolute Gasteiger partial charge is 0.349 e. The van der Waals surface area contributed by atoms with Crippen LogP contribution in [0.4, 0.5) is 5.13 Å². The van der Waals surface area contributed by atoms with Crippen molar-refractivity contribution in [1.29, 1.82) is 0 Å². The van der Waals surface area contributed by atoms with Crippen molar-refractivity contribution >= 4 is 53.1 Å². The summed E-state index contributed by atoms with van der Waals surface area (Å²) >= 11 is 1.41. The van der Waals surface area contributed by atoms with Gasteiger partial charge in [-0.15, -0.1) is 36.2 Å². The summed E-state index contributed by atoms with van der Waals surface area (Å²) in [6, 6.07) is 0. The van der Waals surface area contributed by atoms with Crippen LogP contribution in [-0.4, -0.2) is 35.4 Å². The summed E-state index contributed by atoms with van der Waals surface area (Å²) in [5, 5.41) is 5.53. The second kappa shape index (κ2) is 9.56. The van der Waals surface area contributed by atoms with E-state index in [0.717, 1.165) is 13.0 Å². The van der Waals surface area contributed by atoms with Crippen molar-refractivity contribution in [2.45, 2.75) is 45.6 Å². The first-order valence-electron chi connectivity index (χ1n) is 7.61. The van der Waals surface area contributed by atoms with Crippen LogP contribution in [0.1, 0.15) is 39.3 Å². The van der Waals surface area contributed by atoms with Crippen LogP contribution in [0.2, 0.25) is 0 Å². The highest BCUT2D eigenvalue weighted by atomic mass is 35.5. The molecule has 0 saturated carbocycles. The summed E-state index contributed by atoms with van der Waals surface area (Å²) < 4.78 is 0. The quantitative estimate of drug-likeness (QED) is 0.770. The number of anilines is 1. The first kappa shape index (κ1) is 23.1. The fourth-order valence-electron chi connectivity index (χ4n) is 2.31. The Kier molecular flexibility index (Phi) is 9.20. The molecule has 0 aromatic carbocycles. The fraction of sp³-hybridized carbons (Fsp3) is 0.667. The lowest BCUT2D eigenvalue weighted by Crippen LogP contribution is -2.55. The van der Waals surface area contributed by atoms with E-state index in [-0.39, 0.29) is 49.0 Å². The molecule has 1 unspecified atom stereocenters. The maximum absolute atomic E-state index is 12.2. The third kappa shape index (κ3) is 5.31. The Balaban J connectivity index is 0.00000264. The third-order valence-electron chi connectivity index (χ3n) is 4.31. The van der Waals surface area contributed by atoms with Gasteiger partial charge in [-0.05, 0) is 19.3 Å². The zero-order chi connectivity index (χ0) is 16.3. The summed E-state index contributed by atoms with van der Waals surface area (Å²) in [6.07, 6.45) is 1.66. The Morgan fingerprint density at radius 2 is 2.17 bits per heavy atom. The minimum atomic E-state index is -0.416. The number of halogens is 2. The number of carbonyl (C=O) groups excluding carboxylic acids is 2. The molecular formula is C15H26Cl2N4O2S. The molecule has 1 aromatic rings. The van der Waals surface area contributed by atoms with E-state index in [4.69, 9.17) is 5.73 Å². The van der Waals surface area contributed by atoms with Crippen molar-refractivity contribution in [2.75, 3.05) is 18.0 Å². The Labute approximate surface area is 159 Å². The zero-order valence-electron chi connectivity index (χ0n) is 14.2. The lowest BCUT2D eigenvalue weighted by atomic mass is 9.88. The van der Waals surface area contributed by atoms with Crippen LogP contribution in [0.25, 0.3) is 0 Å². The van der Waals surface area contributed by atoms with Gasteiger partial charge in [0.1, 0.15) is 0 Å². The molecule has 0 aliphatic carbocycles. The Morgan fingerprint density at radius 1 is 1.50 bits per heavy atom. The van der Waals surface area contributed by atoms with E-state index in [1.54, 1.807) is 4.90 Å². The topological polar surface area (TPSA) is 88.3 Å². The number of nitrogens with two attached hydrogens (primary N) is 1. The predicted molar refractivity (Wildman–Crippen MR) is 102 cm³/mol. The second-order valence-corrected chi connectivity index (χ2v) is 7.11. The van der Waals surface area contributed by atoms with Crippen molar-refractivity contribution < 1.29 is 9.59 Å². The van der Waals surface area contributed by atoms with Crippen LogP contribution < -0.4 is 16.0 Å². The summed E-state index contributed by atoms with van der Waals surface area (Å²) in [7, 11) is 0. The highest BCUT2D eigenvalue weighted by Gasteiger charge is 2.29. The molecule has 1 aliphatic heterocycles. The van der Waals surface area contributed by atoms with Gasteiger partial charge in [0.2, 0.25) is 11.8 Å². The highest BCUT2D eigenvalue weighted by Crippen LogP contribution is 2.25. The Bertz CT molecular complexity index is 567. The lowest BCUT2D eigenvalue weighted by Gasteiger charge is -2.33. The fourth-order valence-corrected chi connectivity index (χ4v) is 3.18. The molecule has 1 aromatic heterocycles. The van der Waals surface area contributed by atoms with Crippen molar-refractivity contribution in [3.63, 3.8) is 0 Å². The molecule has 0 bridgehead atoms.